The van der Waals surface area contributed by atoms with Crippen molar-refractivity contribution in [2.45, 2.75) is 19.9 Å². The van der Waals surface area contributed by atoms with Crippen molar-refractivity contribution in [1.29, 1.82) is 5.26 Å². The van der Waals surface area contributed by atoms with Crippen LogP contribution in [0.1, 0.15) is 27.9 Å². The molecule has 0 unspecified atom stereocenters. The maximum absolute atomic E-state index is 13.1. The molecule has 0 bridgehead atoms. The minimum atomic E-state index is -0.151. The number of pyridine rings is 1. The molecule has 0 aliphatic carbocycles. The number of hydrogen-bond acceptors (Lipinski definition) is 6. The molecule has 2 aromatic carbocycles. The minimum Gasteiger partial charge on any atom is -0.416 e. The van der Waals surface area contributed by atoms with E-state index in [-0.39, 0.29) is 12.3 Å². The Morgan fingerprint density at radius 2 is 1.66 bits per heavy atom. The van der Waals surface area contributed by atoms with Gasteiger partial charge in [-0.1, -0.05) is 23.8 Å². The Bertz CT molecular complexity index is 1230. The lowest BCUT2D eigenvalue weighted by Crippen LogP contribution is -2.31. The van der Waals surface area contributed by atoms with Gasteiger partial charge in [-0.05, 0) is 55.0 Å². The fraction of sp³-hybridized carbons (Fsp3) is 0.160. The number of carbonyl (C=O) groups is 1. The van der Waals surface area contributed by atoms with E-state index in [0.717, 1.165) is 22.3 Å². The second-order valence-corrected chi connectivity index (χ2v) is 7.35. The molecule has 0 radical (unpaired) electrons. The van der Waals surface area contributed by atoms with E-state index in [2.05, 4.69) is 21.3 Å². The molecule has 0 saturated carbocycles. The van der Waals surface area contributed by atoms with Gasteiger partial charge in [0.25, 0.3) is 5.91 Å². The number of hydrogen-bond donors (Lipinski definition) is 0. The zero-order chi connectivity index (χ0) is 22.3. The summed E-state index contributed by atoms with van der Waals surface area (Å²) < 4.78 is 5.81. The van der Waals surface area contributed by atoms with Gasteiger partial charge < -0.3 is 9.32 Å². The summed E-state index contributed by atoms with van der Waals surface area (Å²) in [5, 5.41) is 17.2. The topological polar surface area (TPSA) is 95.9 Å². The first-order valence-electron chi connectivity index (χ1n) is 10.2. The molecule has 0 fully saturated rings. The number of nitrogens with zero attached hydrogens (tertiary/aromatic N) is 5. The van der Waals surface area contributed by atoms with Crippen LogP contribution in [0.5, 0.6) is 0 Å². The van der Waals surface area contributed by atoms with Crippen LogP contribution < -0.4 is 0 Å². The molecule has 1 amide bonds. The highest BCUT2D eigenvalue weighted by Gasteiger charge is 2.17. The third-order valence-electron chi connectivity index (χ3n) is 4.98. The van der Waals surface area contributed by atoms with Crippen LogP contribution in [0.4, 0.5) is 0 Å². The van der Waals surface area contributed by atoms with Crippen molar-refractivity contribution in [2.75, 3.05) is 6.54 Å². The van der Waals surface area contributed by atoms with Crippen molar-refractivity contribution in [1.82, 2.24) is 20.1 Å². The van der Waals surface area contributed by atoms with Crippen LogP contribution in [-0.2, 0) is 6.54 Å². The SMILES string of the molecule is Cc1ccc(-c2nnc(-c3ccc(C(=O)N(CCC#N)Cc4cccnc4)cc3)o2)cc1. The smallest absolute Gasteiger partial charge is 0.254 e. The highest BCUT2D eigenvalue weighted by molar-refractivity contribution is 5.94. The molecule has 158 valence electrons. The molecule has 4 aromatic rings. The van der Waals surface area contributed by atoms with E-state index in [1.165, 1.54) is 0 Å². The van der Waals surface area contributed by atoms with Crippen molar-refractivity contribution in [3.63, 3.8) is 0 Å². The van der Waals surface area contributed by atoms with E-state index < -0.39 is 0 Å². The first-order valence-corrected chi connectivity index (χ1v) is 10.2. The number of nitriles is 1. The molecular weight excluding hydrogens is 402 g/mol. The number of aryl methyl sites for hydroxylation is 1. The quantitative estimate of drug-likeness (QED) is 0.429. The minimum absolute atomic E-state index is 0.151. The normalized spacial score (nSPS) is 10.5. The summed E-state index contributed by atoms with van der Waals surface area (Å²) in [7, 11) is 0. The largest absolute Gasteiger partial charge is 0.416 e. The van der Waals surface area contributed by atoms with E-state index in [4.69, 9.17) is 9.68 Å². The fourth-order valence-corrected chi connectivity index (χ4v) is 3.24. The summed E-state index contributed by atoms with van der Waals surface area (Å²) in [5.41, 5.74) is 4.16. The van der Waals surface area contributed by atoms with Crippen LogP contribution in [-0.4, -0.2) is 32.5 Å². The van der Waals surface area contributed by atoms with Gasteiger partial charge in [0, 0.05) is 42.2 Å². The summed E-state index contributed by atoms with van der Waals surface area (Å²) in [6.07, 6.45) is 3.66. The standard InChI is InChI=1S/C25H21N5O2/c1-18-5-7-20(8-6-18)23-28-29-24(32-23)21-9-11-22(12-10-21)25(31)30(15-3-13-26)17-19-4-2-14-27-16-19/h2,4-12,14,16H,3,15,17H2,1H3. The Kier molecular flexibility index (Phi) is 6.33. The number of amides is 1. The molecule has 0 spiro atoms. The van der Waals surface area contributed by atoms with Crippen molar-refractivity contribution in [3.05, 3.63) is 89.7 Å². The second-order valence-electron chi connectivity index (χ2n) is 7.35. The maximum Gasteiger partial charge on any atom is 0.254 e. The Balaban J connectivity index is 1.51. The van der Waals surface area contributed by atoms with Gasteiger partial charge in [-0.2, -0.15) is 5.26 Å². The van der Waals surface area contributed by atoms with Crippen molar-refractivity contribution < 1.29 is 9.21 Å². The van der Waals surface area contributed by atoms with Crippen LogP contribution >= 0.6 is 0 Å². The van der Waals surface area contributed by atoms with Crippen LogP contribution in [0.2, 0.25) is 0 Å². The number of carbonyl (C=O) groups excluding carboxylic acids is 1. The third-order valence-corrected chi connectivity index (χ3v) is 4.98. The zero-order valence-electron chi connectivity index (χ0n) is 17.6. The number of benzene rings is 2. The molecule has 2 aromatic heterocycles. The molecule has 0 aliphatic heterocycles. The van der Waals surface area contributed by atoms with E-state index in [0.29, 0.717) is 30.4 Å². The van der Waals surface area contributed by atoms with Gasteiger partial charge in [0.15, 0.2) is 0 Å². The Morgan fingerprint density at radius 3 is 2.25 bits per heavy atom. The average Bonchev–Trinajstić information content (AvgIpc) is 3.33. The van der Waals surface area contributed by atoms with Crippen molar-refractivity contribution in [3.8, 4) is 29.0 Å². The molecule has 32 heavy (non-hydrogen) atoms. The van der Waals surface area contributed by atoms with Gasteiger partial charge in [-0.15, -0.1) is 10.2 Å². The molecular formula is C25H21N5O2. The lowest BCUT2D eigenvalue weighted by Gasteiger charge is -2.21. The highest BCUT2D eigenvalue weighted by Crippen LogP contribution is 2.24. The second kappa shape index (κ2) is 9.67. The summed E-state index contributed by atoms with van der Waals surface area (Å²) in [6, 6.07) is 20.7. The van der Waals surface area contributed by atoms with E-state index in [1.54, 1.807) is 41.6 Å². The Hall–Kier alpha value is -4.31. The van der Waals surface area contributed by atoms with Crippen LogP contribution in [0.25, 0.3) is 22.9 Å². The Morgan fingerprint density at radius 1 is 1.00 bits per heavy atom. The molecule has 0 atom stereocenters. The summed E-state index contributed by atoms with van der Waals surface area (Å²) in [4.78, 5) is 18.8. The van der Waals surface area contributed by atoms with Crippen LogP contribution in [0.15, 0.2) is 77.5 Å². The zero-order valence-corrected chi connectivity index (χ0v) is 17.6. The van der Waals surface area contributed by atoms with Gasteiger partial charge in [0.2, 0.25) is 11.8 Å². The fourth-order valence-electron chi connectivity index (χ4n) is 3.24. The van der Waals surface area contributed by atoms with Gasteiger partial charge >= 0.3 is 0 Å². The predicted molar refractivity (Wildman–Crippen MR) is 119 cm³/mol. The molecule has 7 nitrogen and oxygen atoms in total. The molecule has 7 heteroatoms. The first kappa shape index (κ1) is 20.9. The molecule has 0 aliphatic rings. The maximum atomic E-state index is 13.1. The van der Waals surface area contributed by atoms with Gasteiger partial charge in [0.05, 0.1) is 12.5 Å². The monoisotopic (exact) mass is 423 g/mol. The lowest BCUT2D eigenvalue weighted by atomic mass is 10.1. The number of aromatic nitrogens is 3. The number of rotatable bonds is 7. The van der Waals surface area contributed by atoms with Crippen LogP contribution in [0.3, 0.4) is 0 Å². The molecule has 0 N–H and O–H groups in total. The lowest BCUT2D eigenvalue weighted by molar-refractivity contribution is 0.0746. The van der Waals surface area contributed by atoms with Crippen LogP contribution in [0, 0.1) is 18.3 Å². The van der Waals surface area contributed by atoms with Gasteiger partial charge in [-0.3, -0.25) is 9.78 Å². The molecule has 2 heterocycles. The first-order chi connectivity index (χ1) is 15.6. The third kappa shape index (κ3) is 4.87. The van der Waals surface area contributed by atoms with E-state index in [1.807, 2.05) is 43.3 Å². The van der Waals surface area contributed by atoms with Crippen molar-refractivity contribution >= 4 is 5.91 Å². The highest BCUT2D eigenvalue weighted by atomic mass is 16.4. The van der Waals surface area contributed by atoms with E-state index in [9.17, 15) is 4.79 Å². The summed E-state index contributed by atoms with van der Waals surface area (Å²) in [6.45, 7) is 2.75. The van der Waals surface area contributed by atoms with Crippen molar-refractivity contribution in [2.24, 2.45) is 0 Å². The molecule has 0 saturated heterocycles. The molecule has 4 rings (SSSR count). The Labute approximate surface area is 186 Å². The van der Waals surface area contributed by atoms with Gasteiger partial charge in [-0.25, -0.2) is 0 Å². The van der Waals surface area contributed by atoms with E-state index >= 15 is 0 Å². The predicted octanol–water partition coefficient (Wildman–Crippen LogP) is 4.66. The summed E-state index contributed by atoms with van der Waals surface area (Å²) in [5.74, 6) is 0.678. The summed E-state index contributed by atoms with van der Waals surface area (Å²) >= 11 is 0. The van der Waals surface area contributed by atoms with Gasteiger partial charge in [0.1, 0.15) is 0 Å². The average molecular weight is 423 g/mol.